The van der Waals surface area contributed by atoms with Gasteiger partial charge in [-0.05, 0) is 13.5 Å². The number of rotatable bonds is 4. The zero-order chi connectivity index (χ0) is 12.0. The number of nitrogens with one attached hydrogen (secondary N) is 2. The van der Waals surface area contributed by atoms with E-state index in [-0.39, 0.29) is 11.9 Å². The lowest BCUT2D eigenvalue weighted by Gasteiger charge is -2.16. The topological polar surface area (TPSA) is 70.7 Å². The van der Waals surface area contributed by atoms with Gasteiger partial charge in [0.25, 0.3) is 0 Å². The molecule has 1 saturated heterocycles. The molecule has 1 aliphatic heterocycles. The maximum atomic E-state index is 11.6. The normalized spacial score (nSPS) is 19.6. The molecule has 1 rings (SSSR count). The Kier molecular flexibility index (Phi) is 5.04. The summed E-state index contributed by atoms with van der Waals surface area (Å²) in [6.07, 6.45) is 0.858. The zero-order valence-electron chi connectivity index (χ0n) is 9.78. The van der Waals surface area contributed by atoms with Gasteiger partial charge in [0, 0.05) is 26.1 Å². The largest absolute Gasteiger partial charge is 0.453 e. The van der Waals surface area contributed by atoms with E-state index >= 15 is 0 Å². The first-order chi connectivity index (χ1) is 7.67. The van der Waals surface area contributed by atoms with Crippen LogP contribution in [-0.4, -0.2) is 56.7 Å². The molecule has 0 aromatic rings. The van der Waals surface area contributed by atoms with Crippen molar-refractivity contribution >= 4 is 12.0 Å². The van der Waals surface area contributed by atoms with Crippen molar-refractivity contribution in [1.82, 2.24) is 15.5 Å². The van der Waals surface area contributed by atoms with Crippen molar-refractivity contribution in [3.63, 3.8) is 0 Å². The fourth-order valence-corrected chi connectivity index (χ4v) is 1.72. The predicted molar refractivity (Wildman–Crippen MR) is 59.1 cm³/mol. The van der Waals surface area contributed by atoms with Crippen molar-refractivity contribution in [3.05, 3.63) is 0 Å². The Morgan fingerprint density at radius 3 is 2.88 bits per heavy atom. The summed E-state index contributed by atoms with van der Waals surface area (Å²) in [6.45, 7) is 1.97. The van der Waals surface area contributed by atoms with Crippen molar-refractivity contribution in [1.29, 1.82) is 0 Å². The van der Waals surface area contributed by atoms with Crippen LogP contribution in [0.2, 0.25) is 0 Å². The van der Waals surface area contributed by atoms with Crippen LogP contribution in [0.1, 0.15) is 12.8 Å². The van der Waals surface area contributed by atoms with E-state index in [0.717, 1.165) is 6.42 Å². The molecule has 2 amide bonds. The minimum Gasteiger partial charge on any atom is -0.453 e. The van der Waals surface area contributed by atoms with E-state index in [2.05, 4.69) is 15.4 Å². The third-order valence-electron chi connectivity index (χ3n) is 2.64. The first kappa shape index (κ1) is 12.8. The van der Waals surface area contributed by atoms with Gasteiger partial charge in [-0.25, -0.2) is 4.79 Å². The molecule has 0 aliphatic carbocycles. The number of methoxy groups -OCH3 is 1. The lowest BCUT2D eigenvalue weighted by molar-refractivity contribution is -0.130. The maximum absolute atomic E-state index is 11.6. The Morgan fingerprint density at radius 1 is 1.50 bits per heavy atom. The van der Waals surface area contributed by atoms with Crippen LogP contribution < -0.4 is 10.6 Å². The average Bonchev–Trinajstić information content (AvgIpc) is 2.74. The molecule has 6 heteroatoms. The Hall–Kier alpha value is -1.30. The molecule has 0 saturated carbocycles. The van der Waals surface area contributed by atoms with Gasteiger partial charge >= 0.3 is 6.09 Å². The van der Waals surface area contributed by atoms with Crippen LogP contribution in [0.4, 0.5) is 4.79 Å². The summed E-state index contributed by atoms with van der Waals surface area (Å²) in [4.78, 5) is 24.4. The molecule has 0 aromatic heterocycles. The number of nitrogens with zero attached hydrogens (tertiary/aromatic N) is 1. The fraction of sp³-hybridized carbons (Fsp3) is 0.800. The average molecular weight is 229 g/mol. The van der Waals surface area contributed by atoms with Gasteiger partial charge in [-0.3, -0.25) is 4.79 Å². The van der Waals surface area contributed by atoms with Crippen molar-refractivity contribution in [2.75, 3.05) is 33.8 Å². The molecule has 16 heavy (non-hydrogen) atoms. The smallest absolute Gasteiger partial charge is 0.407 e. The second kappa shape index (κ2) is 6.32. The van der Waals surface area contributed by atoms with Crippen molar-refractivity contribution in [2.24, 2.45) is 0 Å². The molecule has 1 atom stereocenters. The summed E-state index contributed by atoms with van der Waals surface area (Å²) >= 11 is 0. The van der Waals surface area contributed by atoms with Crippen LogP contribution in [0.25, 0.3) is 0 Å². The van der Waals surface area contributed by atoms with E-state index in [9.17, 15) is 9.59 Å². The van der Waals surface area contributed by atoms with Crippen molar-refractivity contribution < 1.29 is 14.3 Å². The summed E-state index contributed by atoms with van der Waals surface area (Å²) in [5.41, 5.74) is 0. The van der Waals surface area contributed by atoms with Crippen LogP contribution in [-0.2, 0) is 9.53 Å². The number of carbonyl (C=O) groups is 2. The van der Waals surface area contributed by atoms with Gasteiger partial charge in [0.05, 0.1) is 13.2 Å². The molecule has 2 N–H and O–H groups in total. The number of likely N-dealkylation sites (tertiary alicyclic amines) is 1. The minimum absolute atomic E-state index is 0.0194. The van der Waals surface area contributed by atoms with Gasteiger partial charge in [-0.2, -0.15) is 0 Å². The minimum atomic E-state index is -0.436. The van der Waals surface area contributed by atoms with E-state index in [1.807, 2.05) is 7.05 Å². The van der Waals surface area contributed by atoms with E-state index < -0.39 is 6.09 Å². The summed E-state index contributed by atoms with van der Waals surface area (Å²) < 4.78 is 4.51. The number of hydrogen-bond donors (Lipinski definition) is 2. The lowest BCUT2D eigenvalue weighted by atomic mass is 10.3. The van der Waals surface area contributed by atoms with Gasteiger partial charge in [-0.1, -0.05) is 0 Å². The zero-order valence-corrected chi connectivity index (χ0v) is 9.78. The first-order valence-electron chi connectivity index (χ1n) is 5.44. The standard InChI is InChI=1S/C10H19N3O3/c1-11-5-3-9(14)13-6-4-8(7-13)12-10(15)16-2/h8,11H,3-7H2,1-2H3,(H,12,15). The summed E-state index contributed by atoms with van der Waals surface area (Å²) in [7, 11) is 3.15. The number of hydrogen-bond acceptors (Lipinski definition) is 4. The highest BCUT2D eigenvalue weighted by Gasteiger charge is 2.26. The second-order valence-corrected chi connectivity index (χ2v) is 3.81. The van der Waals surface area contributed by atoms with Crippen LogP contribution in [0.3, 0.4) is 0 Å². The Morgan fingerprint density at radius 2 is 2.25 bits per heavy atom. The second-order valence-electron chi connectivity index (χ2n) is 3.81. The number of ether oxygens (including phenoxy) is 1. The Bertz CT molecular complexity index is 258. The Balaban J connectivity index is 2.28. The SMILES string of the molecule is CNCCC(=O)N1CCC(NC(=O)OC)C1. The molecule has 0 radical (unpaired) electrons. The highest BCUT2D eigenvalue weighted by Crippen LogP contribution is 2.10. The molecule has 92 valence electrons. The van der Waals surface area contributed by atoms with Gasteiger partial charge in [0.1, 0.15) is 0 Å². The third kappa shape index (κ3) is 3.69. The monoisotopic (exact) mass is 229 g/mol. The van der Waals surface area contributed by atoms with Gasteiger partial charge in [-0.15, -0.1) is 0 Å². The molecule has 1 fully saturated rings. The Labute approximate surface area is 95.3 Å². The first-order valence-corrected chi connectivity index (χ1v) is 5.44. The maximum Gasteiger partial charge on any atom is 0.407 e. The van der Waals surface area contributed by atoms with Crippen LogP contribution in [0.5, 0.6) is 0 Å². The summed E-state index contributed by atoms with van der Waals surface area (Å²) in [5.74, 6) is 0.128. The van der Waals surface area contributed by atoms with E-state index in [1.54, 1.807) is 4.90 Å². The molecular formula is C10H19N3O3. The summed E-state index contributed by atoms with van der Waals surface area (Å²) in [5, 5.41) is 5.64. The highest BCUT2D eigenvalue weighted by atomic mass is 16.5. The van der Waals surface area contributed by atoms with Gasteiger partial charge in [0.2, 0.25) is 5.91 Å². The van der Waals surface area contributed by atoms with Crippen LogP contribution >= 0.6 is 0 Å². The van der Waals surface area contributed by atoms with Crippen molar-refractivity contribution in [2.45, 2.75) is 18.9 Å². The number of alkyl carbamates (subject to hydrolysis) is 1. The number of amides is 2. The number of carbonyl (C=O) groups excluding carboxylic acids is 2. The highest BCUT2D eigenvalue weighted by molar-refractivity contribution is 5.77. The van der Waals surface area contributed by atoms with Crippen LogP contribution in [0.15, 0.2) is 0 Å². The van der Waals surface area contributed by atoms with Crippen LogP contribution in [0, 0.1) is 0 Å². The molecule has 1 aliphatic rings. The molecule has 1 heterocycles. The molecule has 0 spiro atoms. The molecule has 0 aromatic carbocycles. The van der Waals surface area contributed by atoms with Crippen molar-refractivity contribution in [3.8, 4) is 0 Å². The van der Waals surface area contributed by atoms with E-state index in [4.69, 9.17) is 0 Å². The van der Waals surface area contributed by atoms with E-state index in [1.165, 1.54) is 7.11 Å². The molecule has 1 unspecified atom stereocenters. The quantitative estimate of drug-likeness (QED) is 0.685. The summed E-state index contributed by atoms with van der Waals surface area (Å²) in [6, 6.07) is 0.0194. The van der Waals surface area contributed by atoms with Gasteiger partial charge < -0.3 is 20.3 Å². The predicted octanol–water partition coefficient (Wildman–Crippen LogP) is -0.447. The van der Waals surface area contributed by atoms with E-state index in [0.29, 0.717) is 26.1 Å². The molecule has 6 nitrogen and oxygen atoms in total. The lowest BCUT2D eigenvalue weighted by Crippen LogP contribution is -2.38. The van der Waals surface area contributed by atoms with Gasteiger partial charge in [0.15, 0.2) is 0 Å². The third-order valence-corrected chi connectivity index (χ3v) is 2.64. The molecular weight excluding hydrogens is 210 g/mol. The fourth-order valence-electron chi connectivity index (χ4n) is 1.72. The molecule has 0 bridgehead atoms.